The van der Waals surface area contributed by atoms with Crippen LogP contribution in [0.25, 0.3) is 0 Å². The Balaban J connectivity index is 1.58. The maximum Gasteiger partial charge on any atom is 0.254 e. The van der Waals surface area contributed by atoms with Crippen LogP contribution >= 0.6 is 0 Å². The van der Waals surface area contributed by atoms with Crippen LogP contribution in [-0.4, -0.2) is 78.3 Å². The van der Waals surface area contributed by atoms with Crippen LogP contribution in [-0.2, 0) is 9.59 Å². The highest BCUT2D eigenvalue weighted by Gasteiger charge is 2.38. The second kappa shape index (κ2) is 8.20. The monoisotopic (exact) mass is 387 g/mol. The number of ether oxygens (including phenoxy) is 1. The number of piperazine rings is 1. The maximum absolute atomic E-state index is 12.8. The third kappa shape index (κ3) is 3.98. The van der Waals surface area contributed by atoms with E-state index >= 15 is 0 Å². The van der Waals surface area contributed by atoms with Gasteiger partial charge in [-0.05, 0) is 38.5 Å². The molecule has 0 N–H and O–H groups in total. The molecule has 3 rings (SSSR count). The molecule has 2 aliphatic rings. The van der Waals surface area contributed by atoms with E-state index < -0.39 is 0 Å². The molecule has 7 heteroatoms. The highest BCUT2D eigenvalue weighted by molar-refractivity contribution is 5.95. The van der Waals surface area contributed by atoms with E-state index in [1.54, 1.807) is 27.9 Å². The first-order valence-electron chi connectivity index (χ1n) is 9.84. The van der Waals surface area contributed by atoms with Crippen LogP contribution in [0.1, 0.15) is 36.2 Å². The number of hydrogen-bond donors (Lipinski definition) is 0. The SMILES string of the molecule is COc1cc(C(=O)N2CCN(C(=O)C3CC(=O)N(C(C)C)C3)CC2)ccc1C. The van der Waals surface area contributed by atoms with Gasteiger partial charge in [-0.25, -0.2) is 0 Å². The number of methoxy groups -OCH3 is 1. The second-order valence-corrected chi connectivity index (χ2v) is 7.84. The number of carbonyl (C=O) groups is 3. The lowest BCUT2D eigenvalue weighted by Crippen LogP contribution is -2.52. The Hall–Kier alpha value is -2.57. The average Bonchev–Trinajstić information content (AvgIpc) is 3.09. The van der Waals surface area contributed by atoms with E-state index in [0.717, 1.165) is 5.56 Å². The van der Waals surface area contributed by atoms with Crippen LogP contribution in [0.4, 0.5) is 0 Å². The zero-order chi connectivity index (χ0) is 20.4. The Bertz CT molecular complexity index is 769. The first-order chi connectivity index (χ1) is 13.3. The first-order valence-corrected chi connectivity index (χ1v) is 9.84. The maximum atomic E-state index is 12.8. The van der Waals surface area contributed by atoms with Crippen LogP contribution in [0.5, 0.6) is 5.75 Å². The predicted octanol–water partition coefficient (Wildman–Crippen LogP) is 1.54. The lowest BCUT2D eigenvalue weighted by Gasteiger charge is -2.36. The van der Waals surface area contributed by atoms with Gasteiger partial charge in [0.1, 0.15) is 5.75 Å². The summed E-state index contributed by atoms with van der Waals surface area (Å²) in [7, 11) is 1.59. The Morgan fingerprint density at radius 1 is 1.11 bits per heavy atom. The van der Waals surface area contributed by atoms with E-state index in [9.17, 15) is 14.4 Å². The standard InChI is InChI=1S/C21H29N3O4/c1-14(2)24-13-17(12-19(24)25)21(27)23-9-7-22(8-10-23)20(26)16-6-5-15(3)18(11-16)28-4/h5-6,11,14,17H,7-10,12-13H2,1-4H3. The van der Waals surface area contributed by atoms with Gasteiger partial charge in [-0.3, -0.25) is 14.4 Å². The normalized spacial score (nSPS) is 20.1. The molecule has 2 saturated heterocycles. The molecule has 0 aromatic heterocycles. The molecule has 1 unspecified atom stereocenters. The minimum absolute atomic E-state index is 0.0283. The Kier molecular flexibility index (Phi) is 5.91. The fraction of sp³-hybridized carbons (Fsp3) is 0.571. The molecule has 1 atom stereocenters. The summed E-state index contributed by atoms with van der Waals surface area (Å²) in [5.74, 6) is 0.460. The highest BCUT2D eigenvalue weighted by Crippen LogP contribution is 2.24. The molecule has 1 aromatic rings. The van der Waals surface area contributed by atoms with E-state index in [4.69, 9.17) is 4.74 Å². The largest absolute Gasteiger partial charge is 0.496 e. The molecule has 1 aromatic carbocycles. The molecular formula is C21H29N3O4. The van der Waals surface area contributed by atoms with Crippen molar-refractivity contribution in [3.05, 3.63) is 29.3 Å². The van der Waals surface area contributed by atoms with E-state index in [-0.39, 0.29) is 29.7 Å². The van der Waals surface area contributed by atoms with Crippen molar-refractivity contribution in [2.24, 2.45) is 5.92 Å². The molecule has 3 amide bonds. The fourth-order valence-corrected chi connectivity index (χ4v) is 3.92. The number of aryl methyl sites for hydroxylation is 1. The molecule has 2 aliphatic heterocycles. The lowest BCUT2D eigenvalue weighted by atomic mass is 10.1. The Morgan fingerprint density at radius 3 is 2.32 bits per heavy atom. The van der Waals surface area contributed by atoms with Crippen LogP contribution in [0.3, 0.4) is 0 Å². The van der Waals surface area contributed by atoms with Crippen LogP contribution in [0, 0.1) is 12.8 Å². The molecule has 152 valence electrons. The lowest BCUT2D eigenvalue weighted by molar-refractivity contribution is -0.137. The van der Waals surface area contributed by atoms with Crippen molar-refractivity contribution in [3.8, 4) is 5.75 Å². The third-order valence-corrected chi connectivity index (χ3v) is 5.66. The van der Waals surface area contributed by atoms with E-state index in [1.165, 1.54) is 0 Å². The molecule has 2 heterocycles. The minimum Gasteiger partial charge on any atom is -0.496 e. The summed E-state index contributed by atoms with van der Waals surface area (Å²) in [4.78, 5) is 43.0. The molecule has 2 fully saturated rings. The molecule has 0 radical (unpaired) electrons. The van der Waals surface area contributed by atoms with Gasteiger partial charge in [-0.2, -0.15) is 0 Å². The van der Waals surface area contributed by atoms with Gasteiger partial charge in [-0.1, -0.05) is 6.07 Å². The summed E-state index contributed by atoms with van der Waals surface area (Å²) >= 11 is 0. The van der Waals surface area contributed by atoms with E-state index in [0.29, 0.717) is 50.5 Å². The number of amides is 3. The zero-order valence-electron chi connectivity index (χ0n) is 17.1. The van der Waals surface area contributed by atoms with Crippen LogP contribution < -0.4 is 4.74 Å². The third-order valence-electron chi connectivity index (χ3n) is 5.66. The highest BCUT2D eigenvalue weighted by atomic mass is 16.5. The molecule has 0 saturated carbocycles. The van der Waals surface area contributed by atoms with Gasteiger partial charge in [0.2, 0.25) is 11.8 Å². The van der Waals surface area contributed by atoms with Gasteiger partial charge < -0.3 is 19.4 Å². The zero-order valence-corrected chi connectivity index (χ0v) is 17.1. The molecule has 7 nitrogen and oxygen atoms in total. The van der Waals surface area contributed by atoms with E-state index in [1.807, 2.05) is 32.9 Å². The van der Waals surface area contributed by atoms with Crippen LogP contribution in [0.15, 0.2) is 18.2 Å². The van der Waals surface area contributed by atoms with Crippen molar-refractivity contribution in [1.29, 1.82) is 0 Å². The number of hydrogen-bond acceptors (Lipinski definition) is 4. The number of nitrogens with zero attached hydrogens (tertiary/aromatic N) is 3. The Labute approximate surface area is 166 Å². The molecule has 0 aliphatic carbocycles. The number of carbonyl (C=O) groups excluding carboxylic acids is 3. The van der Waals surface area contributed by atoms with Gasteiger partial charge in [-0.15, -0.1) is 0 Å². The second-order valence-electron chi connectivity index (χ2n) is 7.84. The van der Waals surface area contributed by atoms with Crippen molar-refractivity contribution in [2.75, 3.05) is 39.8 Å². The predicted molar refractivity (Wildman–Crippen MR) is 105 cm³/mol. The summed E-state index contributed by atoms with van der Waals surface area (Å²) < 4.78 is 5.31. The van der Waals surface area contributed by atoms with Gasteiger partial charge >= 0.3 is 0 Å². The summed E-state index contributed by atoms with van der Waals surface area (Å²) in [6.07, 6.45) is 0.291. The summed E-state index contributed by atoms with van der Waals surface area (Å²) in [6.45, 7) is 8.36. The van der Waals surface area contributed by atoms with Gasteiger partial charge in [0.15, 0.2) is 0 Å². The van der Waals surface area contributed by atoms with Gasteiger partial charge in [0, 0.05) is 50.7 Å². The van der Waals surface area contributed by atoms with Crippen molar-refractivity contribution in [1.82, 2.24) is 14.7 Å². The summed E-state index contributed by atoms with van der Waals surface area (Å²) in [5.41, 5.74) is 1.58. The van der Waals surface area contributed by atoms with Crippen molar-refractivity contribution >= 4 is 17.7 Å². The molecule has 0 bridgehead atoms. The van der Waals surface area contributed by atoms with Crippen molar-refractivity contribution in [3.63, 3.8) is 0 Å². The summed E-state index contributed by atoms with van der Waals surface area (Å²) in [5, 5.41) is 0. The van der Waals surface area contributed by atoms with Crippen molar-refractivity contribution < 1.29 is 19.1 Å². The van der Waals surface area contributed by atoms with E-state index in [2.05, 4.69) is 0 Å². The van der Waals surface area contributed by atoms with Gasteiger partial charge in [0.25, 0.3) is 5.91 Å². The minimum atomic E-state index is -0.265. The summed E-state index contributed by atoms with van der Waals surface area (Å²) in [6, 6.07) is 5.57. The smallest absolute Gasteiger partial charge is 0.254 e. The Morgan fingerprint density at radius 2 is 1.75 bits per heavy atom. The van der Waals surface area contributed by atoms with Gasteiger partial charge in [0.05, 0.1) is 13.0 Å². The molecular weight excluding hydrogens is 358 g/mol. The van der Waals surface area contributed by atoms with Crippen molar-refractivity contribution in [2.45, 2.75) is 33.2 Å². The average molecular weight is 387 g/mol. The molecule has 28 heavy (non-hydrogen) atoms. The quantitative estimate of drug-likeness (QED) is 0.786. The number of rotatable bonds is 4. The number of benzene rings is 1. The number of likely N-dealkylation sites (tertiary alicyclic amines) is 1. The van der Waals surface area contributed by atoms with Crippen LogP contribution in [0.2, 0.25) is 0 Å². The topological polar surface area (TPSA) is 70.2 Å². The fourth-order valence-electron chi connectivity index (χ4n) is 3.92. The first kappa shape index (κ1) is 20.2. The molecule has 0 spiro atoms.